The lowest BCUT2D eigenvalue weighted by Crippen LogP contribution is -2.36. The number of carboxylic acid groups (broad SMARTS) is 1. The fourth-order valence-electron chi connectivity index (χ4n) is 1.72. The molecule has 0 aromatic carbocycles. The second kappa shape index (κ2) is 7.66. The van der Waals surface area contributed by atoms with Gasteiger partial charge >= 0.3 is 5.97 Å². The van der Waals surface area contributed by atoms with E-state index in [-0.39, 0.29) is 18.2 Å². The lowest BCUT2D eigenvalue weighted by Gasteiger charge is -2.15. The fraction of sp³-hybridized carbons (Fsp3) is 0.538. The summed E-state index contributed by atoms with van der Waals surface area (Å²) in [7, 11) is 3.35. The van der Waals surface area contributed by atoms with Gasteiger partial charge in [-0.3, -0.25) is 9.69 Å². The van der Waals surface area contributed by atoms with Gasteiger partial charge in [0, 0.05) is 25.8 Å². The van der Waals surface area contributed by atoms with Gasteiger partial charge in [-0.1, -0.05) is 0 Å². The van der Waals surface area contributed by atoms with E-state index in [0.29, 0.717) is 25.5 Å². The molecule has 20 heavy (non-hydrogen) atoms. The van der Waals surface area contributed by atoms with Gasteiger partial charge in [0.05, 0.1) is 13.2 Å². The van der Waals surface area contributed by atoms with E-state index in [1.807, 2.05) is 0 Å². The number of carboxylic acids is 1. The van der Waals surface area contributed by atoms with Crippen LogP contribution in [-0.2, 0) is 16.1 Å². The largest absolute Gasteiger partial charge is 0.475 e. The van der Waals surface area contributed by atoms with Crippen molar-refractivity contribution in [1.82, 2.24) is 10.2 Å². The number of hydrogen-bond acceptors (Lipinski definition) is 5. The van der Waals surface area contributed by atoms with E-state index in [1.165, 1.54) is 6.07 Å². The summed E-state index contributed by atoms with van der Waals surface area (Å²) in [4.78, 5) is 24.2. The van der Waals surface area contributed by atoms with Crippen LogP contribution in [-0.4, -0.2) is 55.7 Å². The van der Waals surface area contributed by atoms with Gasteiger partial charge in [0.15, 0.2) is 0 Å². The minimum Gasteiger partial charge on any atom is -0.475 e. The summed E-state index contributed by atoms with van der Waals surface area (Å²) in [6.07, 6.45) is 0. The van der Waals surface area contributed by atoms with E-state index in [4.69, 9.17) is 14.3 Å². The molecule has 7 nitrogen and oxygen atoms in total. The van der Waals surface area contributed by atoms with Crippen molar-refractivity contribution in [3.63, 3.8) is 0 Å². The van der Waals surface area contributed by atoms with Gasteiger partial charge in [0.1, 0.15) is 5.76 Å². The zero-order chi connectivity index (χ0) is 15.1. The van der Waals surface area contributed by atoms with Gasteiger partial charge < -0.3 is 19.6 Å². The topological polar surface area (TPSA) is 92.0 Å². The number of ether oxygens (including phenoxy) is 1. The van der Waals surface area contributed by atoms with E-state index in [1.54, 1.807) is 26.0 Å². The van der Waals surface area contributed by atoms with Crippen molar-refractivity contribution >= 4 is 11.9 Å². The third-order valence-corrected chi connectivity index (χ3v) is 2.71. The number of aromatic carboxylic acids is 1. The third-order valence-electron chi connectivity index (χ3n) is 2.71. The van der Waals surface area contributed by atoms with Crippen LogP contribution in [0.15, 0.2) is 10.5 Å². The second-order valence-electron chi connectivity index (χ2n) is 4.51. The molecule has 2 N–H and O–H groups in total. The van der Waals surface area contributed by atoms with Crippen molar-refractivity contribution in [3.05, 3.63) is 23.2 Å². The molecule has 0 fully saturated rings. The van der Waals surface area contributed by atoms with Crippen molar-refractivity contribution < 1.29 is 23.8 Å². The predicted molar refractivity (Wildman–Crippen MR) is 71.6 cm³/mol. The molecule has 1 aromatic heterocycles. The maximum absolute atomic E-state index is 11.6. The maximum Gasteiger partial charge on any atom is 0.371 e. The van der Waals surface area contributed by atoms with Gasteiger partial charge in [0.2, 0.25) is 11.7 Å². The predicted octanol–water partition coefficient (Wildman–Crippen LogP) is 0.481. The highest BCUT2D eigenvalue weighted by molar-refractivity contribution is 5.84. The van der Waals surface area contributed by atoms with Crippen LogP contribution in [0, 0.1) is 6.92 Å². The first-order valence-corrected chi connectivity index (χ1v) is 6.20. The number of furan rings is 1. The van der Waals surface area contributed by atoms with Crippen LogP contribution >= 0.6 is 0 Å². The summed E-state index contributed by atoms with van der Waals surface area (Å²) >= 11 is 0. The quantitative estimate of drug-likeness (QED) is 0.675. The summed E-state index contributed by atoms with van der Waals surface area (Å²) in [5.74, 6) is -0.743. The molecule has 0 aliphatic rings. The van der Waals surface area contributed by atoms with E-state index in [9.17, 15) is 9.59 Å². The molecule has 0 saturated carbocycles. The number of hydrogen-bond donors (Lipinski definition) is 2. The first-order valence-electron chi connectivity index (χ1n) is 6.20. The molecule has 0 unspecified atom stereocenters. The van der Waals surface area contributed by atoms with Gasteiger partial charge in [0.25, 0.3) is 0 Å². The summed E-state index contributed by atoms with van der Waals surface area (Å²) in [6.45, 7) is 3.31. The molecule has 7 heteroatoms. The molecule has 112 valence electrons. The number of amides is 1. The fourth-order valence-corrected chi connectivity index (χ4v) is 1.72. The Kier molecular flexibility index (Phi) is 6.20. The van der Waals surface area contributed by atoms with E-state index in [2.05, 4.69) is 5.32 Å². The normalized spacial score (nSPS) is 10.8. The number of methoxy groups -OCH3 is 1. The molecule has 1 rings (SSSR count). The minimum atomic E-state index is -1.10. The Morgan fingerprint density at radius 2 is 2.20 bits per heavy atom. The first kappa shape index (κ1) is 16.2. The van der Waals surface area contributed by atoms with Crippen LogP contribution in [0.5, 0.6) is 0 Å². The molecular formula is C13H20N2O5. The van der Waals surface area contributed by atoms with Crippen LogP contribution in [0.25, 0.3) is 0 Å². The van der Waals surface area contributed by atoms with Gasteiger partial charge in [-0.25, -0.2) is 4.79 Å². The molecule has 1 heterocycles. The molecule has 0 bridgehead atoms. The Labute approximate surface area is 117 Å². The standard InChI is InChI=1S/C13H20N2O5/c1-9-10(6-11(20-9)13(17)18)7-15(2)8-12(16)14-4-5-19-3/h6H,4-5,7-8H2,1-3H3,(H,14,16)(H,17,18). The average Bonchev–Trinajstić information content (AvgIpc) is 2.71. The minimum absolute atomic E-state index is 0.0875. The SMILES string of the molecule is COCCNC(=O)CN(C)Cc1cc(C(=O)O)oc1C. The molecule has 0 atom stereocenters. The monoisotopic (exact) mass is 284 g/mol. The van der Waals surface area contributed by atoms with Gasteiger partial charge in [-0.15, -0.1) is 0 Å². The first-order chi connectivity index (χ1) is 9.43. The number of rotatable bonds is 8. The highest BCUT2D eigenvalue weighted by Gasteiger charge is 2.15. The van der Waals surface area contributed by atoms with Crippen molar-refractivity contribution in [2.45, 2.75) is 13.5 Å². The van der Waals surface area contributed by atoms with Crippen molar-refractivity contribution in [2.24, 2.45) is 0 Å². The van der Waals surface area contributed by atoms with Gasteiger partial charge in [-0.05, 0) is 20.0 Å². The summed E-state index contributed by atoms with van der Waals surface area (Å²) in [5.41, 5.74) is 0.759. The van der Waals surface area contributed by atoms with Crippen LogP contribution in [0.1, 0.15) is 21.9 Å². The summed E-state index contributed by atoms with van der Waals surface area (Å²) < 4.78 is 9.96. The number of carbonyl (C=O) groups excluding carboxylic acids is 1. The number of carbonyl (C=O) groups is 2. The Balaban J connectivity index is 2.47. The molecule has 0 spiro atoms. The third kappa shape index (κ3) is 5.02. The smallest absolute Gasteiger partial charge is 0.371 e. The molecule has 0 saturated heterocycles. The van der Waals surface area contributed by atoms with Crippen molar-refractivity contribution in [1.29, 1.82) is 0 Å². The number of likely N-dealkylation sites (N-methyl/N-ethyl adjacent to an activating group) is 1. The Morgan fingerprint density at radius 1 is 1.50 bits per heavy atom. The summed E-state index contributed by atoms with van der Waals surface area (Å²) in [6, 6.07) is 1.48. The second-order valence-corrected chi connectivity index (χ2v) is 4.51. The van der Waals surface area contributed by atoms with Crippen molar-refractivity contribution in [3.8, 4) is 0 Å². The Morgan fingerprint density at radius 3 is 2.75 bits per heavy atom. The number of aryl methyl sites for hydroxylation is 1. The molecule has 0 aliphatic carbocycles. The Bertz CT molecular complexity index is 469. The van der Waals surface area contributed by atoms with E-state index >= 15 is 0 Å². The lowest BCUT2D eigenvalue weighted by atomic mass is 10.2. The van der Waals surface area contributed by atoms with Crippen LogP contribution in [0.2, 0.25) is 0 Å². The lowest BCUT2D eigenvalue weighted by molar-refractivity contribution is -0.122. The van der Waals surface area contributed by atoms with Crippen LogP contribution in [0.4, 0.5) is 0 Å². The van der Waals surface area contributed by atoms with Crippen molar-refractivity contribution in [2.75, 3.05) is 33.9 Å². The Hall–Kier alpha value is -1.86. The maximum atomic E-state index is 11.6. The number of nitrogens with one attached hydrogen (secondary N) is 1. The van der Waals surface area contributed by atoms with Crippen LogP contribution < -0.4 is 5.32 Å². The molecule has 1 aromatic rings. The van der Waals surface area contributed by atoms with Crippen LogP contribution in [0.3, 0.4) is 0 Å². The highest BCUT2D eigenvalue weighted by Crippen LogP contribution is 2.16. The van der Waals surface area contributed by atoms with E-state index < -0.39 is 5.97 Å². The van der Waals surface area contributed by atoms with E-state index in [0.717, 1.165) is 5.56 Å². The zero-order valence-electron chi connectivity index (χ0n) is 11.9. The highest BCUT2D eigenvalue weighted by atomic mass is 16.5. The molecule has 0 radical (unpaired) electrons. The zero-order valence-corrected chi connectivity index (χ0v) is 11.9. The average molecular weight is 284 g/mol. The molecule has 0 aliphatic heterocycles. The molecular weight excluding hydrogens is 264 g/mol. The molecule has 1 amide bonds. The van der Waals surface area contributed by atoms with Gasteiger partial charge in [-0.2, -0.15) is 0 Å². The summed E-state index contributed by atoms with van der Waals surface area (Å²) in [5, 5.41) is 11.6. The number of nitrogens with zero attached hydrogens (tertiary/aromatic N) is 1.